The van der Waals surface area contributed by atoms with Crippen molar-refractivity contribution in [2.45, 2.75) is 20.8 Å². The average Bonchev–Trinajstić information content (AvgIpc) is 2.20. The van der Waals surface area contributed by atoms with Gasteiger partial charge in [0.05, 0.1) is 12.9 Å². The number of nitrogens with zero attached hydrogens (tertiary/aromatic N) is 3. The van der Waals surface area contributed by atoms with Crippen molar-refractivity contribution < 1.29 is 0 Å². The van der Waals surface area contributed by atoms with E-state index >= 15 is 0 Å². The Morgan fingerprint density at radius 3 is 3.00 bits per heavy atom. The molecule has 84 valence electrons. The van der Waals surface area contributed by atoms with E-state index in [0.717, 1.165) is 5.71 Å². The predicted octanol–water partition coefficient (Wildman–Crippen LogP) is 1.25. The molecule has 2 N–H and O–H groups in total. The Hall–Kier alpha value is -1.16. The second-order valence-corrected chi connectivity index (χ2v) is 3.94. The van der Waals surface area contributed by atoms with Crippen LogP contribution in [0.4, 0.5) is 0 Å². The minimum atomic E-state index is 0.486. The number of nitrogens with two attached hydrogens (primary N) is 1. The maximum absolute atomic E-state index is 5.39. The van der Waals surface area contributed by atoms with E-state index in [2.05, 4.69) is 34.8 Å². The highest BCUT2D eigenvalue weighted by atomic mass is 15.2. The summed E-state index contributed by atoms with van der Waals surface area (Å²) in [7, 11) is 0. The fraction of sp³-hybridized carbons (Fsp3) is 0.636. The van der Waals surface area contributed by atoms with Gasteiger partial charge in [-0.2, -0.15) is 0 Å². The van der Waals surface area contributed by atoms with Crippen LogP contribution in [0.2, 0.25) is 0 Å². The summed E-state index contributed by atoms with van der Waals surface area (Å²) in [5.74, 6) is 0.486. The summed E-state index contributed by atoms with van der Waals surface area (Å²) in [5, 5.41) is 0. The zero-order chi connectivity index (χ0) is 11.3. The van der Waals surface area contributed by atoms with Gasteiger partial charge in [0, 0.05) is 18.0 Å². The minimum Gasteiger partial charge on any atom is -0.329 e. The molecule has 1 aliphatic heterocycles. The molecular weight excluding hydrogens is 188 g/mol. The van der Waals surface area contributed by atoms with E-state index in [-0.39, 0.29) is 0 Å². The summed E-state index contributed by atoms with van der Waals surface area (Å²) in [4.78, 5) is 10.7. The molecule has 1 aliphatic rings. The van der Waals surface area contributed by atoms with E-state index in [0.29, 0.717) is 25.7 Å². The molecule has 0 aliphatic carbocycles. The molecule has 0 fully saturated rings. The van der Waals surface area contributed by atoms with Gasteiger partial charge in [0.25, 0.3) is 0 Å². The van der Waals surface area contributed by atoms with E-state index in [4.69, 9.17) is 5.73 Å². The molecule has 1 rings (SSSR count). The van der Waals surface area contributed by atoms with Crippen LogP contribution in [0, 0.1) is 5.92 Å². The largest absolute Gasteiger partial charge is 0.329 e. The van der Waals surface area contributed by atoms with E-state index in [1.165, 1.54) is 5.70 Å². The summed E-state index contributed by atoms with van der Waals surface area (Å²) >= 11 is 0. The van der Waals surface area contributed by atoms with Crippen molar-refractivity contribution in [3.05, 3.63) is 11.8 Å². The Morgan fingerprint density at radius 2 is 2.40 bits per heavy atom. The highest BCUT2D eigenvalue weighted by molar-refractivity contribution is 5.94. The van der Waals surface area contributed by atoms with E-state index in [9.17, 15) is 0 Å². The first-order valence-electron chi connectivity index (χ1n) is 5.34. The van der Waals surface area contributed by atoms with Crippen molar-refractivity contribution in [1.82, 2.24) is 4.90 Å². The van der Waals surface area contributed by atoms with E-state index in [1.54, 1.807) is 0 Å². The van der Waals surface area contributed by atoms with Gasteiger partial charge in [-0.15, -0.1) is 0 Å². The van der Waals surface area contributed by atoms with Gasteiger partial charge < -0.3 is 10.6 Å². The van der Waals surface area contributed by atoms with Gasteiger partial charge in [-0.25, -0.2) is 0 Å². The molecule has 0 aromatic rings. The first-order valence-corrected chi connectivity index (χ1v) is 5.34. The molecule has 0 saturated heterocycles. The summed E-state index contributed by atoms with van der Waals surface area (Å²) in [6.45, 7) is 8.31. The van der Waals surface area contributed by atoms with Gasteiger partial charge in [-0.05, 0) is 18.9 Å². The molecule has 0 radical (unpaired) electrons. The minimum absolute atomic E-state index is 0.486. The van der Waals surface area contributed by atoms with Crippen molar-refractivity contribution in [3.8, 4) is 0 Å². The zero-order valence-electron chi connectivity index (χ0n) is 9.77. The third-order valence-electron chi connectivity index (χ3n) is 2.23. The van der Waals surface area contributed by atoms with Gasteiger partial charge in [0.15, 0.2) is 0 Å². The normalized spacial score (nSPS) is 17.3. The molecule has 1 heterocycles. The van der Waals surface area contributed by atoms with Crippen LogP contribution in [0.25, 0.3) is 0 Å². The van der Waals surface area contributed by atoms with Gasteiger partial charge in [-0.3, -0.25) is 9.98 Å². The third-order valence-corrected chi connectivity index (χ3v) is 2.23. The fourth-order valence-electron chi connectivity index (χ4n) is 1.44. The van der Waals surface area contributed by atoms with Crippen LogP contribution in [-0.4, -0.2) is 36.7 Å². The Bertz CT molecular complexity index is 289. The van der Waals surface area contributed by atoms with Crippen LogP contribution >= 0.6 is 0 Å². The SMILES string of the molecule is CC1=NCN(C=NCCN)C(C(C)C)=C1. The van der Waals surface area contributed by atoms with Crippen LogP contribution in [-0.2, 0) is 0 Å². The van der Waals surface area contributed by atoms with Gasteiger partial charge >= 0.3 is 0 Å². The summed E-state index contributed by atoms with van der Waals surface area (Å²) in [5.41, 5.74) is 7.74. The van der Waals surface area contributed by atoms with Crippen molar-refractivity contribution >= 4 is 12.1 Å². The summed E-state index contributed by atoms with van der Waals surface area (Å²) < 4.78 is 0. The lowest BCUT2D eigenvalue weighted by Gasteiger charge is -2.27. The van der Waals surface area contributed by atoms with Crippen molar-refractivity contribution in [1.29, 1.82) is 0 Å². The second kappa shape index (κ2) is 5.66. The highest BCUT2D eigenvalue weighted by Crippen LogP contribution is 2.17. The molecule has 0 amide bonds. The Labute approximate surface area is 91.6 Å². The lowest BCUT2D eigenvalue weighted by molar-refractivity contribution is 0.469. The molecule has 0 aromatic carbocycles. The number of hydrogen-bond donors (Lipinski definition) is 1. The fourth-order valence-corrected chi connectivity index (χ4v) is 1.44. The molecule has 4 heteroatoms. The van der Waals surface area contributed by atoms with Gasteiger partial charge in [0.2, 0.25) is 0 Å². The van der Waals surface area contributed by atoms with Crippen molar-refractivity contribution in [3.63, 3.8) is 0 Å². The number of rotatable bonds is 4. The van der Waals surface area contributed by atoms with Crippen LogP contribution in [0.15, 0.2) is 21.8 Å². The van der Waals surface area contributed by atoms with Crippen LogP contribution in [0.1, 0.15) is 20.8 Å². The average molecular weight is 208 g/mol. The molecule has 15 heavy (non-hydrogen) atoms. The summed E-state index contributed by atoms with van der Waals surface area (Å²) in [6.07, 6.45) is 3.96. The Morgan fingerprint density at radius 1 is 1.67 bits per heavy atom. The molecule has 0 unspecified atom stereocenters. The van der Waals surface area contributed by atoms with E-state index in [1.807, 2.05) is 13.3 Å². The zero-order valence-corrected chi connectivity index (χ0v) is 9.77. The number of hydrogen-bond acceptors (Lipinski definition) is 3. The Balaban J connectivity index is 2.70. The highest BCUT2D eigenvalue weighted by Gasteiger charge is 2.14. The Kier molecular flexibility index (Phi) is 4.49. The van der Waals surface area contributed by atoms with Gasteiger partial charge in [0.1, 0.15) is 6.67 Å². The molecule has 0 aromatic heterocycles. The second-order valence-electron chi connectivity index (χ2n) is 3.94. The third kappa shape index (κ3) is 3.47. The summed E-state index contributed by atoms with van der Waals surface area (Å²) in [6, 6.07) is 0. The van der Waals surface area contributed by atoms with Gasteiger partial charge in [-0.1, -0.05) is 13.8 Å². The van der Waals surface area contributed by atoms with Crippen LogP contribution < -0.4 is 5.73 Å². The maximum Gasteiger partial charge on any atom is 0.115 e. The molecule has 4 nitrogen and oxygen atoms in total. The molecule has 0 atom stereocenters. The quantitative estimate of drug-likeness (QED) is 0.558. The molecule has 0 spiro atoms. The number of aliphatic imine (C=N–C) groups is 2. The smallest absolute Gasteiger partial charge is 0.115 e. The van der Waals surface area contributed by atoms with Crippen molar-refractivity contribution in [2.24, 2.45) is 21.6 Å². The maximum atomic E-state index is 5.39. The molecule has 0 bridgehead atoms. The first-order chi connectivity index (χ1) is 7.15. The lowest BCUT2D eigenvalue weighted by atomic mass is 10.1. The molecule has 0 saturated carbocycles. The lowest BCUT2D eigenvalue weighted by Crippen LogP contribution is -2.28. The van der Waals surface area contributed by atoms with Crippen LogP contribution in [0.3, 0.4) is 0 Å². The topological polar surface area (TPSA) is 54.0 Å². The predicted molar refractivity (Wildman–Crippen MR) is 65.1 cm³/mol. The standard InChI is InChI=1S/C11H20N4/c1-9(2)11-6-10(3)14-8-15(11)7-13-5-4-12/h6-7,9H,4-5,8,12H2,1-3H3. The van der Waals surface area contributed by atoms with E-state index < -0.39 is 0 Å². The molecular formula is C11H20N4. The van der Waals surface area contributed by atoms with Crippen molar-refractivity contribution in [2.75, 3.05) is 19.8 Å². The monoisotopic (exact) mass is 208 g/mol. The van der Waals surface area contributed by atoms with Crippen LogP contribution in [0.5, 0.6) is 0 Å². The first kappa shape index (κ1) is 11.9. The number of allylic oxidation sites excluding steroid dienone is 2.